The van der Waals surface area contributed by atoms with Crippen LogP contribution in [0.1, 0.15) is 30.8 Å². The van der Waals surface area contributed by atoms with Crippen molar-refractivity contribution in [3.05, 3.63) is 112 Å². The molecule has 0 unspecified atom stereocenters. The zero-order chi connectivity index (χ0) is 27.8. The lowest BCUT2D eigenvalue weighted by atomic mass is 10.2. The fourth-order valence-corrected chi connectivity index (χ4v) is 5.32. The van der Waals surface area contributed by atoms with Crippen molar-refractivity contribution in [3.8, 4) is 17.3 Å². The molecule has 0 aliphatic heterocycles. The summed E-state index contributed by atoms with van der Waals surface area (Å²) in [6, 6.07) is 27.6. The Balaban J connectivity index is 1.43. The lowest BCUT2D eigenvalue weighted by Gasteiger charge is -2.21. The smallest absolute Gasteiger partial charge is 0.282 e. The molecule has 0 saturated carbocycles. The number of hydrogen-bond donors (Lipinski definition) is 0. The van der Waals surface area contributed by atoms with E-state index in [1.165, 1.54) is 10.4 Å². The number of furan rings is 1. The van der Waals surface area contributed by atoms with Crippen LogP contribution >= 0.6 is 0 Å². The van der Waals surface area contributed by atoms with Crippen molar-refractivity contribution >= 4 is 33.8 Å². The average Bonchev–Trinajstić information content (AvgIpc) is 3.53. The molecular weight excluding hydrogens is 498 g/mol. The third-order valence-electron chi connectivity index (χ3n) is 7.42. The van der Waals surface area contributed by atoms with E-state index in [1.54, 1.807) is 12.3 Å². The summed E-state index contributed by atoms with van der Waals surface area (Å²) in [4.78, 5) is 20.7. The van der Waals surface area contributed by atoms with Crippen molar-refractivity contribution in [3.63, 3.8) is 0 Å². The molecule has 6 rings (SSSR count). The number of para-hydroxylation sites is 2. The number of aryl methyl sites for hydroxylation is 1. The number of benzene rings is 3. The fourth-order valence-electron chi connectivity index (χ4n) is 5.32. The molecule has 3 heterocycles. The molecule has 200 valence electrons. The van der Waals surface area contributed by atoms with Crippen molar-refractivity contribution in [1.82, 2.24) is 14.2 Å². The maximum atomic E-state index is 13.6. The van der Waals surface area contributed by atoms with Crippen molar-refractivity contribution in [2.45, 2.75) is 27.7 Å². The molecule has 0 N–H and O–H groups in total. The first kappa shape index (κ1) is 25.4. The first-order chi connectivity index (χ1) is 19.5. The van der Waals surface area contributed by atoms with E-state index in [0.29, 0.717) is 22.5 Å². The lowest BCUT2D eigenvalue weighted by Crippen LogP contribution is -2.21. The van der Waals surface area contributed by atoms with Gasteiger partial charge in [0.05, 0.1) is 17.1 Å². The second kappa shape index (κ2) is 10.3. The minimum atomic E-state index is -0.252. The Bertz CT molecular complexity index is 1890. The number of anilines is 1. The summed E-state index contributed by atoms with van der Waals surface area (Å²) in [5, 5.41) is 6.11. The Hall–Kier alpha value is -4.91. The predicted molar refractivity (Wildman–Crippen MR) is 163 cm³/mol. The van der Waals surface area contributed by atoms with Gasteiger partial charge in [-0.05, 0) is 82.3 Å². The van der Waals surface area contributed by atoms with Gasteiger partial charge in [-0.15, -0.1) is 0 Å². The number of hydrogen-bond acceptors (Lipinski definition) is 5. The number of nitrogens with zero attached hydrogens (tertiary/aromatic N) is 5. The summed E-state index contributed by atoms with van der Waals surface area (Å²) in [5.41, 5.74) is 6.39. The molecule has 6 aromatic rings. The maximum absolute atomic E-state index is 13.6. The van der Waals surface area contributed by atoms with Gasteiger partial charge in [0.1, 0.15) is 5.58 Å². The minimum absolute atomic E-state index is 0.252. The highest BCUT2D eigenvalue weighted by molar-refractivity contribution is 5.85. The Morgan fingerprint density at radius 2 is 1.65 bits per heavy atom. The molecule has 40 heavy (non-hydrogen) atoms. The van der Waals surface area contributed by atoms with Gasteiger partial charge < -0.3 is 13.9 Å². The van der Waals surface area contributed by atoms with E-state index >= 15 is 0 Å². The van der Waals surface area contributed by atoms with Gasteiger partial charge in [-0.3, -0.25) is 4.79 Å². The van der Waals surface area contributed by atoms with Crippen LogP contribution in [0.15, 0.2) is 99.2 Å². The molecule has 7 heteroatoms. The van der Waals surface area contributed by atoms with Gasteiger partial charge in [0, 0.05) is 46.8 Å². The quantitative estimate of drug-likeness (QED) is 0.210. The molecule has 7 nitrogen and oxygen atoms in total. The molecule has 0 bridgehead atoms. The van der Waals surface area contributed by atoms with Crippen LogP contribution in [0.5, 0.6) is 0 Å². The molecular formula is C33H31N5O2. The van der Waals surface area contributed by atoms with Gasteiger partial charge in [-0.25, -0.2) is 4.98 Å². The summed E-state index contributed by atoms with van der Waals surface area (Å²) < 4.78 is 9.64. The van der Waals surface area contributed by atoms with Gasteiger partial charge in [-0.2, -0.15) is 9.78 Å². The van der Waals surface area contributed by atoms with Crippen LogP contribution in [0.25, 0.3) is 39.1 Å². The van der Waals surface area contributed by atoms with E-state index in [4.69, 9.17) is 9.40 Å². The third-order valence-corrected chi connectivity index (χ3v) is 7.42. The molecule has 3 aromatic carbocycles. The first-order valence-electron chi connectivity index (χ1n) is 13.6. The number of aromatic nitrogens is 3. The molecule has 0 radical (unpaired) electrons. The zero-order valence-corrected chi connectivity index (χ0v) is 23.1. The van der Waals surface area contributed by atoms with Gasteiger partial charge >= 0.3 is 0 Å². The minimum Gasteiger partial charge on any atom is -0.453 e. The molecule has 0 spiro atoms. The van der Waals surface area contributed by atoms with Gasteiger partial charge in [0.15, 0.2) is 5.76 Å². The first-order valence-corrected chi connectivity index (χ1v) is 13.6. The Labute approximate surface area is 232 Å². The Morgan fingerprint density at radius 3 is 2.40 bits per heavy atom. The summed E-state index contributed by atoms with van der Waals surface area (Å²) >= 11 is 0. The number of fused-ring (bicyclic) bond motifs is 2. The normalized spacial score (nSPS) is 11.7. The van der Waals surface area contributed by atoms with Gasteiger partial charge in [-0.1, -0.05) is 30.3 Å². The molecule has 0 atom stereocenters. The third kappa shape index (κ3) is 4.39. The predicted octanol–water partition coefficient (Wildman–Crippen LogP) is 6.95. The molecule has 0 amide bonds. The second-order valence-electron chi connectivity index (χ2n) is 9.81. The van der Waals surface area contributed by atoms with Crippen LogP contribution in [0.4, 0.5) is 5.69 Å². The van der Waals surface area contributed by atoms with E-state index < -0.39 is 0 Å². The van der Waals surface area contributed by atoms with Crippen molar-refractivity contribution < 1.29 is 4.42 Å². The zero-order valence-electron chi connectivity index (χ0n) is 23.1. The standard InChI is InChI=1S/C33H31N5O2/c1-5-36(6-2)26-15-17-27(18-16-26)37-22(3)19-25(23(37)4)21-34-38-32(31-20-24-11-7-10-14-30(24)40-31)35-29-13-9-8-12-28(29)33(38)39/h7-21H,5-6H2,1-4H3. The van der Waals surface area contributed by atoms with Crippen molar-refractivity contribution in [2.24, 2.45) is 5.10 Å². The van der Waals surface area contributed by atoms with Crippen LogP contribution in [0.2, 0.25) is 0 Å². The Morgan fingerprint density at radius 1 is 0.925 bits per heavy atom. The van der Waals surface area contributed by atoms with E-state index in [-0.39, 0.29) is 5.56 Å². The van der Waals surface area contributed by atoms with E-state index in [2.05, 4.69) is 72.6 Å². The van der Waals surface area contributed by atoms with Crippen LogP contribution < -0.4 is 10.5 Å². The SMILES string of the molecule is CCN(CC)c1ccc(-n2c(C)cc(C=Nn3c(-c4cc5ccccc5o4)nc4ccccc4c3=O)c2C)cc1. The van der Waals surface area contributed by atoms with E-state index in [0.717, 1.165) is 46.7 Å². The summed E-state index contributed by atoms with van der Waals surface area (Å²) in [7, 11) is 0. The Kier molecular flexibility index (Phi) is 6.56. The second-order valence-corrected chi connectivity index (χ2v) is 9.81. The summed E-state index contributed by atoms with van der Waals surface area (Å²) in [6.07, 6.45) is 1.73. The molecule has 0 aliphatic carbocycles. The molecule has 0 saturated heterocycles. The number of rotatable bonds is 7. The fraction of sp³-hybridized carbons (Fsp3) is 0.182. The molecule has 0 aliphatic rings. The highest BCUT2D eigenvalue weighted by Gasteiger charge is 2.17. The average molecular weight is 530 g/mol. The summed E-state index contributed by atoms with van der Waals surface area (Å²) in [6.45, 7) is 10.4. The van der Waals surface area contributed by atoms with Crippen LogP contribution in [0.3, 0.4) is 0 Å². The molecule has 3 aromatic heterocycles. The van der Waals surface area contributed by atoms with Crippen LogP contribution in [-0.2, 0) is 0 Å². The van der Waals surface area contributed by atoms with Crippen LogP contribution in [-0.4, -0.2) is 33.5 Å². The van der Waals surface area contributed by atoms with Crippen molar-refractivity contribution in [1.29, 1.82) is 0 Å². The van der Waals surface area contributed by atoms with Crippen LogP contribution in [0, 0.1) is 13.8 Å². The molecule has 0 fully saturated rings. The lowest BCUT2D eigenvalue weighted by molar-refractivity contribution is 0.616. The van der Waals surface area contributed by atoms with Gasteiger partial charge in [0.25, 0.3) is 5.56 Å². The van der Waals surface area contributed by atoms with Gasteiger partial charge in [0.2, 0.25) is 5.82 Å². The maximum Gasteiger partial charge on any atom is 0.282 e. The highest BCUT2D eigenvalue weighted by Crippen LogP contribution is 2.27. The van der Waals surface area contributed by atoms with E-state index in [9.17, 15) is 4.79 Å². The monoisotopic (exact) mass is 529 g/mol. The topological polar surface area (TPSA) is 68.6 Å². The largest absolute Gasteiger partial charge is 0.453 e. The highest BCUT2D eigenvalue weighted by atomic mass is 16.3. The summed E-state index contributed by atoms with van der Waals surface area (Å²) in [5.74, 6) is 0.844. The van der Waals surface area contributed by atoms with Crippen molar-refractivity contribution in [2.75, 3.05) is 18.0 Å². The van der Waals surface area contributed by atoms with E-state index in [1.807, 2.05) is 48.5 Å².